The summed E-state index contributed by atoms with van der Waals surface area (Å²) < 4.78 is 69.8. The molecule has 2 aromatic carbocycles. The zero-order valence-electron chi connectivity index (χ0n) is 11.0. The Balaban J connectivity index is 2.25. The largest absolute Gasteiger partial charge is 0.506 e. The summed E-state index contributed by atoms with van der Waals surface area (Å²) in [5.74, 6) is -14.5. The molecule has 0 saturated heterocycles. The molecule has 0 aromatic heterocycles. The minimum Gasteiger partial charge on any atom is -0.506 e. The predicted molar refractivity (Wildman–Crippen MR) is 68.7 cm³/mol. The Morgan fingerprint density at radius 2 is 1.52 bits per heavy atom. The zero-order valence-corrected chi connectivity index (χ0v) is 11.7. The Labute approximate surface area is 130 Å². The van der Waals surface area contributed by atoms with Crippen molar-refractivity contribution in [3.05, 3.63) is 57.9 Å². The lowest BCUT2D eigenvalue weighted by molar-refractivity contribution is -0.134. The van der Waals surface area contributed by atoms with Crippen molar-refractivity contribution in [3.63, 3.8) is 0 Å². The van der Waals surface area contributed by atoms with Crippen LogP contribution in [0.15, 0.2) is 18.2 Å². The number of carbonyl (C=O) groups excluding carboxylic acids is 1. The number of phenols is 1. The molecule has 0 saturated carbocycles. The molecule has 0 aliphatic heterocycles. The second-order valence-corrected chi connectivity index (χ2v) is 4.74. The van der Waals surface area contributed by atoms with Gasteiger partial charge in [0.15, 0.2) is 0 Å². The van der Waals surface area contributed by atoms with Crippen molar-refractivity contribution in [2.45, 2.75) is 6.42 Å². The van der Waals surface area contributed by atoms with Crippen LogP contribution < -0.4 is 4.74 Å². The van der Waals surface area contributed by atoms with E-state index >= 15 is 0 Å². The summed E-state index contributed by atoms with van der Waals surface area (Å²) >= 11 is 5.60. The molecule has 0 spiro atoms. The molecule has 0 heterocycles. The van der Waals surface area contributed by atoms with Crippen LogP contribution >= 0.6 is 11.6 Å². The first-order valence-corrected chi connectivity index (χ1v) is 6.29. The second-order valence-electron chi connectivity index (χ2n) is 4.34. The molecule has 0 bridgehead atoms. The Bertz CT molecular complexity index is 765. The predicted octanol–water partition coefficient (Wildman–Crippen LogP) is 3.89. The van der Waals surface area contributed by atoms with E-state index < -0.39 is 47.2 Å². The van der Waals surface area contributed by atoms with Crippen LogP contribution in [0.2, 0.25) is 5.02 Å². The number of halogens is 6. The van der Waals surface area contributed by atoms with E-state index in [0.717, 1.165) is 6.07 Å². The number of hydrogen-bond donors (Lipinski definition) is 1. The summed E-state index contributed by atoms with van der Waals surface area (Å²) in [5.41, 5.74) is 0.196. The lowest BCUT2D eigenvalue weighted by atomic mass is 10.1. The number of phenolic OH excluding ortho intramolecular Hbond substituents is 1. The Kier molecular flexibility index (Phi) is 4.74. The topological polar surface area (TPSA) is 46.5 Å². The normalized spacial score (nSPS) is 10.7. The van der Waals surface area contributed by atoms with Gasteiger partial charge in [-0.25, -0.2) is 13.2 Å². The highest BCUT2D eigenvalue weighted by Crippen LogP contribution is 2.29. The third kappa shape index (κ3) is 3.37. The summed E-state index contributed by atoms with van der Waals surface area (Å²) in [5, 5.41) is 9.12. The summed E-state index contributed by atoms with van der Waals surface area (Å²) in [6.07, 6.45) is -0.570. The van der Waals surface area contributed by atoms with Crippen molar-refractivity contribution < 1.29 is 36.6 Å². The first kappa shape index (κ1) is 17.0. The fourth-order valence-corrected chi connectivity index (χ4v) is 1.85. The molecule has 3 nitrogen and oxygen atoms in total. The standard InChI is InChI=1S/C14H6ClF5O3/c15-6-3-5(1-2-7(6)21)4-8(22)23-14-12(19)10(17)9(16)11(18)13(14)20/h1-3,21H,4H2. The zero-order chi connectivity index (χ0) is 17.3. The fourth-order valence-electron chi connectivity index (χ4n) is 1.65. The van der Waals surface area contributed by atoms with Gasteiger partial charge in [0.25, 0.3) is 0 Å². The monoisotopic (exact) mass is 352 g/mol. The maximum atomic E-state index is 13.4. The van der Waals surface area contributed by atoms with E-state index in [0.29, 0.717) is 0 Å². The molecule has 23 heavy (non-hydrogen) atoms. The van der Waals surface area contributed by atoms with Crippen LogP contribution in [0.3, 0.4) is 0 Å². The summed E-state index contributed by atoms with van der Waals surface area (Å²) in [6.45, 7) is 0. The molecule has 0 aliphatic rings. The van der Waals surface area contributed by atoms with Gasteiger partial charge in [0.1, 0.15) is 5.75 Å². The first-order valence-electron chi connectivity index (χ1n) is 5.92. The average molecular weight is 353 g/mol. The van der Waals surface area contributed by atoms with Crippen molar-refractivity contribution in [1.82, 2.24) is 0 Å². The van der Waals surface area contributed by atoms with Gasteiger partial charge in [-0.2, -0.15) is 8.78 Å². The maximum absolute atomic E-state index is 13.4. The summed E-state index contributed by atoms with van der Waals surface area (Å²) in [4.78, 5) is 11.6. The smallest absolute Gasteiger partial charge is 0.315 e. The SMILES string of the molecule is O=C(Cc1ccc(O)c(Cl)c1)Oc1c(F)c(F)c(F)c(F)c1F. The van der Waals surface area contributed by atoms with Crippen molar-refractivity contribution in [1.29, 1.82) is 0 Å². The van der Waals surface area contributed by atoms with Crippen molar-refractivity contribution in [2.24, 2.45) is 0 Å². The van der Waals surface area contributed by atoms with Gasteiger partial charge in [0.2, 0.25) is 34.8 Å². The van der Waals surface area contributed by atoms with Crippen molar-refractivity contribution >= 4 is 17.6 Å². The number of esters is 1. The molecular weight excluding hydrogens is 347 g/mol. The third-order valence-corrected chi connectivity index (χ3v) is 3.05. The third-order valence-electron chi connectivity index (χ3n) is 2.75. The van der Waals surface area contributed by atoms with E-state index in [4.69, 9.17) is 11.6 Å². The average Bonchev–Trinajstić information content (AvgIpc) is 2.51. The second kappa shape index (κ2) is 6.41. The van der Waals surface area contributed by atoms with E-state index in [9.17, 15) is 31.9 Å². The molecule has 0 fully saturated rings. The maximum Gasteiger partial charge on any atom is 0.315 e. The van der Waals surface area contributed by atoms with Crippen LogP contribution in [0.5, 0.6) is 11.5 Å². The molecule has 0 unspecified atom stereocenters. The van der Waals surface area contributed by atoms with E-state index in [1.807, 2.05) is 0 Å². The van der Waals surface area contributed by atoms with Gasteiger partial charge < -0.3 is 9.84 Å². The first-order chi connectivity index (χ1) is 10.7. The molecule has 2 aromatic rings. The van der Waals surface area contributed by atoms with Gasteiger partial charge >= 0.3 is 5.97 Å². The molecule has 122 valence electrons. The lowest BCUT2D eigenvalue weighted by Gasteiger charge is -2.09. The molecule has 0 amide bonds. The van der Waals surface area contributed by atoms with E-state index in [1.165, 1.54) is 12.1 Å². The number of ether oxygens (including phenoxy) is 1. The molecular formula is C14H6ClF5O3. The Morgan fingerprint density at radius 1 is 1.00 bits per heavy atom. The minimum atomic E-state index is -2.36. The van der Waals surface area contributed by atoms with Gasteiger partial charge in [0.05, 0.1) is 11.4 Å². The fraction of sp³-hybridized carbons (Fsp3) is 0.0714. The van der Waals surface area contributed by atoms with Gasteiger partial charge in [-0.05, 0) is 17.7 Å². The Hall–Kier alpha value is -2.35. The Morgan fingerprint density at radius 3 is 2.04 bits per heavy atom. The highest BCUT2D eigenvalue weighted by Gasteiger charge is 2.28. The molecule has 0 aliphatic carbocycles. The number of rotatable bonds is 3. The molecule has 0 radical (unpaired) electrons. The van der Waals surface area contributed by atoms with E-state index in [-0.39, 0.29) is 16.3 Å². The van der Waals surface area contributed by atoms with Gasteiger partial charge in [-0.1, -0.05) is 17.7 Å². The number of hydrogen-bond acceptors (Lipinski definition) is 3. The number of aromatic hydroxyl groups is 1. The molecule has 1 N–H and O–H groups in total. The lowest BCUT2D eigenvalue weighted by Crippen LogP contribution is -2.15. The summed E-state index contributed by atoms with van der Waals surface area (Å²) in [7, 11) is 0. The van der Waals surface area contributed by atoms with Crippen molar-refractivity contribution in [3.8, 4) is 11.5 Å². The molecule has 2 rings (SSSR count). The van der Waals surface area contributed by atoms with Crippen LogP contribution in [-0.2, 0) is 11.2 Å². The number of carbonyl (C=O) groups is 1. The van der Waals surface area contributed by atoms with Crippen LogP contribution in [0.1, 0.15) is 5.56 Å². The van der Waals surface area contributed by atoms with E-state index in [2.05, 4.69) is 4.74 Å². The van der Waals surface area contributed by atoms with Crippen LogP contribution in [0.4, 0.5) is 22.0 Å². The molecule has 9 heteroatoms. The van der Waals surface area contributed by atoms with Crippen LogP contribution in [0.25, 0.3) is 0 Å². The molecule has 0 atom stereocenters. The number of benzene rings is 2. The van der Waals surface area contributed by atoms with Crippen molar-refractivity contribution in [2.75, 3.05) is 0 Å². The van der Waals surface area contributed by atoms with Crippen LogP contribution in [0, 0.1) is 29.1 Å². The highest BCUT2D eigenvalue weighted by atomic mass is 35.5. The van der Waals surface area contributed by atoms with Gasteiger partial charge in [-0.3, -0.25) is 4.79 Å². The quantitative estimate of drug-likeness (QED) is 0.300. The van der Waals surface area contributed by atoms with E-state index in [1.54, 1.807) is 0 Å². The van der Waals surface area contributed by atoms with Gasteiger partial charge in [-0.15, -0.1) is 0 Å². The van der Waals surface area contributed by atoms with Crippen LogP contribution in [-0.4, -0.2) is 11.1 Å². The minimum absolute atomic E-state index is 0.0912. The summed E-state index contributed by atoms with van der Waals surface area (Å²) in [6, 6.07) is 3.60. The highest BCUT2D eigenvalue weighted by molar-refractivity contribution is 6.32. The van der Waals surface area contributed by atoms with Gasteiger partial charge in [0, 0.05) is 0 Å².